The fourth-order valence-electron chi connectivity index (χ4n) is 2.81. The number of hydrogen-bond acceptors (Lipinski definition) is 4. The molecule has 5 nitrogen and oxygen atoms in total. The summed E-state index contributed by atoms with van der Waals surface area (Å²) in [5, 5.41) is 6.21. The summed E-state index contributed by atoms with van der Waals surface area (Å²) >= 11 is 0. The summed E-state index contributed by atoms with van der Waals surface area (Å²) in [6.07, 6.45) is 1.74. The highest BCUT2D eigenvalue weighted by Gasteiger charge is 2.24. The van der Waals surface area contributed by atoms with E-state index in [9.17, 15) is 4.79 Å². The summed E-state index contributed by atoms with van der Waals surface area (Å²) in [6, 6.07) is 14.2. The van der Waals surface area contributed by atoms with Crippen molar-refractivity contribution in [3.63, 3.8) is 0 Å². The average molecular weight is 296 g/mol. The van der Waals surface area contributed by atoms with E-state index in [1.54, 1.807) is 19.3 Å². The van der Waals surface area contributed by atoms with Gasteiger partial charge in [-0.15, -0.1) is 0 Å². The van der Waals surface area contributed by atoms with Crippen molar-refractivity contribution in [2.24, 2.45) is 0 Å². The fraction of sp³-hybridized carbons (Fsp3) is 0.294. The molecule has 0 saturated carbocycles. The lowest BCUT2D eigenvalue weighted by Crippen LogP contribution is -2.46. The van der Waals surface area contributed by atoms with Crippen molar-refractivity contribution in [3.8, 4) is 0 Å². The maximum atomic E-state index is 12.0. The second kappa shape index (κ2) is 6.58. The van der Waals surface area contributed by atoms with Crippen LogP contribution < -0.4 is 15.5 Å². The number of rotatable bonds is 3. The van der Waals surface area contributed by atoms with Crippen LogP contribution in [0.1, 0.15) is 22.0 Å². The van der Waals surface area contributed by atoms with Gasteiger partial charge in [-0.05, 0) is 17.7 Å². The van der Waals surface area contributed by atoms with Gasteiger partial charge in [0.05, 0.1) is 5.56 Å². The van der Waals surface area contributed by atoms with Crippen molar-refractivity contribution in [3.05, 3.63) is 59.8 Å². The molecule has 1 saturated heterocycles. The summed E-state index contributed by atoms with van der Waals surface area (Å²) in [5.74, 6) is 0.655. The van der Waals surface area contributed by atoms with Crippen molar-refractivity contribution in [1.82, 2.24) is 15.6 Å². The van der Waals surface area contributed by atoms with Crippen molar-refractivity contribution in [2.75, 3.05) is 31.6 Å². The molecule has 0 aliphatic carbocycles. The number of nitrogens with one attached hydrogen (secondary N) is 2. The van der Waals surface area contributed by atoms with Crippen molar-refractivity contribution < 1.29 is 4.79 Å². The molecule has 1 aliphatic heterocycles. The zero-order chi connectivity index (χ0) is 15.4. The van der Waals surface area contributed by atoms with Crippen LogP contribution in [0.25, 0.3) is 0 Å². The third-order valence-corrected chi connectivity index (χ3v) is 3.94. The number of anilines is 1. The van der Waals surface area contributed by atoms with Gasteiger partial charge in [0.15, 0.2) is 0 Å². The summed E-state index contributed by atoms with van der Waals surface area (Å²) in [6.45, 7) is 2.50. The SMILES string of the molecule is CNC(=O)c1cccnc1N1CCNC(c2ccccc2)C1. The largest absolute Gasteiger partial charge is 0.355 e. The minimum Gasteiger partial charge on any atom is -0.355 e. The maximum absolute atomic E-state index is 12.0. The number of aromatic nitrogens is 1. The van der Waals surface area contributed by atoms with Crippen LogP contribution in [-0.4, -0.2) is 37.6 Å². The molecule has 2 N–H and O–H groups in total. The van der Waals surface area contributed by atoms with Crippen LogP contribution in [0.5, 0.6) is 0 Å². The highest BCUT2D eigenvalue weighted by atomic mass is 16.1. The molecule has 22 heavy (non-hydrogen) atoms. The highest BCUT2D eigenvalue weighted by Crippen LogP contribution is 2.23. The summed E-state index contributed by atoms with van der Waals surface area (Å²) in [4.78, 5) is 18.7. The van der Waals surface area contributed by atoms with E-state index in [1.165, 1.54) is 5.56 Å². The lowest BCUT2D eigenvalue weighted by molar-refractivity contribution is 0.0963. The molecule has 3 rings (SSSR count). The Morgan fingerprint density at radius 2 is 2.09 bits per heavy atom. The van der Waals surface area contributed by atoms with Crippen LogP contribution in [0.2, 0.25) is 0 Å². The molecular formula is C17H20N4O. The molecule has 1 unspecified atom stereocenters. The van der Waals surface area contributed by atoms with Gasteiger partial charge in [-0.25, -0.2) is 4.98 Å². The first-order chi connectivity index (χ1) is 10.8. The fourth-order valence-corrected chi connectivity index (χ4v) is 2.81. The number of amides is 1. The molecule has 0 bridgehead atoms. The maximum Gasteiger partial charge on any atom is 0.254 e. The summed E-state index contributed by atoms with van der Waals surface area (Å²) in [5.41, 5.74) is 1.88. The molecule has 2 aromatic rings. The van der Waals surface area contributed by atoms with Gasteiger partial charge in [0.25, 0.3) is 5.91 Å². The Bertz CT molecular complexity index is 644. The first-order valence-electron chi connectivity index (χ1n) is 7.50. The van der Waals surface area contributed by atoms with E-state index in [4.69, 9.17) is 0 Å². The third kappa shape index (κ3) is 2.94. The Morgan fingerprint density at radius 3 is 2.86 bits per heavy atom. The van der Waals surface area contributed by atoms with Gasteiger partial charge < -0.3 is 15.5 Å². The van der Waals surface area contributed by atoms with Crippen LogP contribution in [0, 0.1) is 0 Å². The third-order valence-electron chi connectivity index (χ3n) is 3.94. The topological polar surface area (TPSA) is 57.3 Å². The molecule has 1 aliphatic rings. The molecule has 2 heterocycles. The van der Waals surface area contributed by atoms with Crippen molar-refractivity contribution >= 4 is 11.7 Å². The van der Waals surface area contributed by atoms with E-state index in [0.29, 0.717) is 5.56 Å². The number of pyridine rings is 1. The first-order valence-corrected chi connectivity index (χ1v) is 7.50. The van der Waals surface area contributed by atoms with Crippen LogP contribution in [0.4, 0.5) is 5.82 Å². The van der Waals surface area contributed by atoms with Gasteiger partial charge in [-0.3, -0.25) is 4.79 Å². The highest BCUT2D eigenvalue weighted by molar-refractivity contribution is 5.98. The lowest BCUT2D eigenvalue weighted by atomic mass is 10.0. The molecule has 1 atom stereocenters. The van der Waals surface area contributed by atoms with Gasteiger partial charge in [0, 0.05) is 38.9 Å². The smallest absolute Gasteiger partial charge is 0.254 e. The predicted molar refractivity (Wildman–Crippen MR) is 87.0 cm³/mol. The van der Waals surface area contributed by atoms with Crippen LogP contribution >= 0.6 is 0 Å². The lowest BCUT2D eigenvalue weighted by Gasteiger charge is -2.35. The molecule has 0 radical (unpaired) electrons. The average Bonchev–Trinajstić information content (AvgIpc) is 2.62. The molecule has 1 amide bonds. The van der Waals surface area contributed by atoms with E-state index in [0.717, 1.165) is 25.5 Å². The number of nitrogens with zero attached hydrogens (tertiary/aromatic N) is 2. The Labute approximate surface area is 130 Å². The van der Waals surface area contributed by atoms with E-state index < -0.39 is 0 Å². The van der Waals surface area contributed by atoms with Gasteiger partial charge in [0.1, 0.15) is 5.82 Å². The standard InChI is InChI=1S/C17H20N4O/c1-18-17(22)14-8-5-9-20-16(14)21-11-10-19-15(12-21)13-6-3-2-4-7-13/h2-9,15,19H,10-12H2,1H3,(H,18,22). The Balaban J connectivity index is 1.85. The zero-order valence-corrected chi connectivity index (χ0v) is 12.6. The van der Waals surface area contributed by atoms with Gasteiger partial charge in [0.2, 0.25) is 0 Å². The van der Waals surface area contributed by atoms with Gasteiger partial charge in [-0.1, -0.05) is 30.3 Å². The number of benzene rings is 1. The summed E-state index contributed by atoms with van der Waals surface area (Å²) < 4.78 is 0. The Hall–Kier alpha value is -2.40. The summed E-state index contributed by atoms with van der Waals surface area (Å²) in [7, 11) is 1.64. The van der Waals surface area contributed by atoms with E-state index >= 15 is 0 Å². The molecule has 1 aromatic heterocycles. The number of hydrogen-bond donors (Lipinski definition) is 2. The molecule has 5 heteroatoms. The first kappa shape index (κ1) is 14.5. The molecule has 114 valence electrons. The number of carbonyl (C=O) groups excluding carboxylic acids is 1. The number of piperazine rings is 1. The monoisotopic (exact) mass is 296 g/mol. The van der Waals surface area contributed by atoms with E-state index in [2.05, 4.69) is 32.7 Å². The van der Waals surface area contributed by atoms with Gasteiger partial charge >= 0.3 is 0 Å². The molecule has 1 aromatic carbocycles. The van der Waals surface area contributed by atoms with Crippen LogP contribution in [-0.2, 0) is 0 Å². The Kier molecular flexibility index (Phi) is 4.34. The van der Waals surface area contributed by atoms with Crippen molar-refractivity contribution in [2.45, 2.75) is 6.04 Å². The zero-order valence-electron chi connectivity index (χ0n) is 12.6. The van der Waals surface area contributed by atoms with E-state index in [1.807, 2.05) is 24.3 Å². The minimum atomic E-state index is -0.0992. The quantitative estimate of drug-likeness (QED) is 0.903. The van der Waals surface area contributed by atoms with E-state index in [-0.39, 0.29) is 11.9 Å². The molecular weight excluding hydrogens is 276 g/mol. The van der Waals surface area contributed by atoms with Gasteiger partial charge in [-0.2, -0.15) is 0 Å². The number of carbonyl (C=O) groups is 1. The van der Waals surface area contributed by atoms with Crippen LogP contribution in [0.3, 0.4) is 0 Å². The van der Waals surface area contributed by atoms with Crippen molar-refractivity contribution in [1.29, 1.82) is 0 Å². The van der Waals surface area contributed by atoms with Crippen LogP contribution in [0.15, 0.2) is 48.7 Å². The normalized spacial score (nSPS) is 18.0. The Morgan fingerprint density at radius 1 is 1.27 bits per heavy atom. The predicted octanol–water partition coefficient (Wildman–Crippen LogP) is 1.59. The minimum absolute atomic E-state index is 0.0992. The molecule has 0 spiro atoms. The molecule has 1 fully saturated rings. The second-order valence-corrected chi connectivity index (χ2v) is 5.32. The second-order valence-electron chi connectivity index (χ2n) is 5.32.